The Hall–Kier alpha value is -1.58. The summed E-state index contributed by atoms with van der Waals surface area (Å²) < 4.78 is 17.5. The fourth-order valence-electron chi connectivity index (χ4n) is 2.75. The summed E-state index contributed by atoms with van der Waals surface area (Å²) in [5.74, 6) is 0. The molecule has 1 aliphatic rings. The Labute approximate surface area is 155 Å². The SMILES string of the molecule is Cc1ncc(-c2c3c(c(-c4cnc(C)s4)c4nsnc24)N[SeH]=N3)s1. The van der Waals surface area contributed by atoms with E-state index in [1.807, 2.05) is 26.2 Å². The maximum atomic E-state index is 4.79. The molecular weight excluding hydrogens is 427 g/mol. The maximum absolute atomic E-state index is 4.79. The molecule has 1 aromatic carbocycles. The van der Waals surface area contributed by atoms with Gasteiger partial charge < -0.3 is 0 Å². The zero-order valence-corrected chi connectivity index (χ0v) is 16.9. The number of benzene rings is 1. The quantitative estimate of drug-likeness (QED) is 0.477. The van der Waals surface area contributed by atoms with E-state index in [1.54, 1.807) is 22.7 Å². The van der Waals surface area contributed by atoms with Crippen molar-refractivity contribution in [2.24, 2.45) is 3.96 Å². The number of nitrogens with zero attached hydrogens (tertiary/aromatic N) is 5. The van der Waals surface area contributed by atoms with Crippen LogP contribution in [0.4, 0.5) is 11.4 Å². The minimum absolute atomic E-state index is 0.295. The van der Waals surface area contributed by atoms with Crippen molar-refractivity contribution in [2.45, 2.75) is 13.8 Å². The summed E-state index contributed by atoms with van der Waals surface area (Å²) in [4.78, 5) is 11.0. The van der Waals surface area contributed by atoms with Gasteiger partial charge >= 0.3 is 156 Å². The summed E-state index contributed by atoms with van der Waals surface area (Å²) in [5.41, 5.74) is 6.05. The van der Waals surface area contributed by atoms with E-state index in [2.05, 4.69) is 23.0 Å². The van der Waals surface area contributed by atoms with Gasteiger partial charge in [0.1, 0.15) is 0 Å². The molecule has 0 fully saturated rings. The number of thiazole rings is 2. The first-order chi connectivity index (χ1) is 11.7. The molecule has 4 aromatic rings. The summed E-state index contributed by atoms with van der Waals surface area (Å²) >= 11 is 4.29. The molecule has 0 unspecified atom stereocenters. The second kappa shape index (κ2) is 5.47. The van der Waals surface area contributed by atoms with E-state index in [1.165, 1.54) is 11.7 Å². The third-order valence-electron chi connectivity index (χ3n) is 3.73. The van der Waals surface area contributed by atoms with E-state index in [-0.39, 0.29) is 15.0 Å². The molecule has 10 heteroatoms. The number of anilines is 1. The summed E-state index contributed by atoms with van der Waals surface area (Å²) in [6, 6.07) is 0. The van der Waals surface area contributed by atoms with Crippen molar-refractivity contribution >= 4 is 71.8 Å². The summed E-state index contributed by atoms with van der Waals surface area (Å²) in [7, 11) is 0. The molecule has 4 heterocycles. The van der Waals surface area contributed by atoms with Gasteiger partial charge in [0.25, 0.3) is 0 Å². The molecule has 0 saturated heterocycles. The van der Waals surface area contributed by atoms with Gasteiger partial charge in [0.15, 0.2) is 0 Å². The molecule has 0 saturated carbocycles. The van der Waals surface area contributed by atoms with Crippen molar-refractivity contribution in [2.75, 3.05) is 4.33 Å². The van der Waals surface area contributed by atoms with Crippen LogP contribution in [0.1, 0.15) is 10.0 Å². The van der Waals surface area contributed by atoms with Gasteiger partial charge in [-0.25, -0.2) is 0 Å². The van der Waals surface area contributed by atoms with Gasteiger partial charge in [-0.15, -0.1) is 0 Å². The Kier molecular flexibility index (Phi) is 3.36. The number of nitrogens with one attached hydrogen (secondary N) is 1. The van der Waals surface area contributed by atoms with Gasteiger partial charge in [0.2, 0.25) is 0 Å². The fourth-order valence-corrected chi connectivity index (χ4v) is 6.37. The number of rotatable bonds is 2. The van der Waals surface area contributed by atoms with E-state index < -0.39 is 0 Å². The van der Waals surface area contributed by atoms with Gasteiger partial charge in [-0.05, 0) is 0 Å². The molecule has 0 amide bonds. The van der Waals surface area contributed by atoms with Gasteiger partial charge in [-0.2, -0.15) is 0 Å². The zero-order chi connectivity index (χ0) is 16.3. The van der Waals surface area contributed by atoms with Crippen LogP contribution in [0.25, 0.3) is 31.9 Å². The molecule has 5 rings (SSSR count). The monoisotopic (exact) mass is 438 g/mol. The topological polar surface area (TPSA) is 76.0 Å². The average Bonchev–Trinajstić information content (AvgIpc) is 3.31. The second-order valence-electron chi connectivity index (χ2n) is 5.23. The molecule has 0 radical (unpaired) electrons. The van der Waals surface area contributed by atoms with Gasteiger partial charge in [0, 0.05) is 0 Å². The standard InChI is InChI=1S/C14H10N6S3Se/c1-5-15-3-7(21-5)9-11-12(18-23-17-11)10(8-4-16-6(2)22-8)14-13(9)19-24-20-14/h3-4,24H,1-2H3,(H,19,20). The molecule has 1 N–H and O–H groups in total. The molecule has 24 heavy (non-hydrogen) atoms. The molecule has 0 spiro atoms. The Bertz CT molecular complexity index is 1130. The van der Waals surface area contributed by atoms with Gasteiger partial charge in [-0.1, -0.05) is 0 Å². The number of aromatic nitrogens is 4. The Morgan fingerprint density at radius 2 is 1.54 bits per heavy atom. The third kappa shape index (κ3) is 2.11. The molecule has 0 atom stereocenters. The molecule has 120 valence electrons. The van der Waals surface area contributed by atoms with Crippen molar-refractivity contribution in [1.29, 1.82) is 0 Å². The summed E-state index contributed by atoms with van der Waals surface area (Å²) in [6.45, 7) is 4.03. The van der Waals surface area contributed by atoms with Crippen LogP contribution in [0.15, 0.2) is 16.4 Å². The molecule has 3 aromatic heterocycles. The van der Waals surface area contributed by atoms with E-state index in [4.69, 9.17) is 3.96 Å². The van der Waals surface area contributed by atoms with E-state index in [0.717, 1.165) is 53.3 Å². The average molecular weight is 437 g/mol. The van der Waals surface area contributed by atoms with Crippen molar-refractivity contribution in [1.82, 2.24) is 18.7 Å². The van der Waals surface area contributed by atoms with Crippen LogP contribution in [0.2, 0.25) is 0 Å². The summed E-state index contributed by atoms with van der Waals surface area (Å²) in [6.07, 6.45) is 3.83. The van der Waals surface area contributed by atoms with Gasteiger partial charge in [0.05, 0.1) is 0 Å². The number of fused-ring (bicyclic) bond motifs is 2. The first-order valence-corrected chi connectivity index (χ1v) is 11.2. The normalized spacial score (nSPS) is 13.1. The van der Waals surface area contributed by atoms with Crippen LogP contribution in [0.3, 0.4) is 0 Å². The summed E-state index contributed by atoms with van der Waals surface area (Å²) in [5, 5.41) is 2.08. The van der Waals surface area contributed by atoms with Crippen molar-refractivity contribution < 1.29 is 0 Å². The van der Waals surface area contributed by atoms with Gasteiger partial charge in [-0.3, -0.25) is 0 Å². The molecule has 0 bridgehead atoms. The molecule has 1 aliphatic heterocycles. The Morgan fingerprint density at radius 3 is 2.17 bits per heavy atom. The molecule has 0 aliphatic carbocycles. The second-order valence-corrected chi connectivity index (χ2v) is 9.54. The molecule has 6 nitrogen and oxygen atoms in total. The number of hydrogen-bond donors (Lipinski definition) is 1. The van der Waals surface area contributed by atoms with Crippen molar-refractivity contribution in [3.63, 3.8) is 0 Å². The third-order valence-corrected chi connectivity index (χ3v) is 7.43. The fraction of sp³-hybridized carbons (Fsp3) is 0.143. The minimum atomic E-state index is -0.295. The van der Waals surface area contributed by atoms with Crippen LogP contribution in [-0.4, -0.2) is 33.7 Å². The predicted octanol–water partition coefficient (Wildman–Crippen LogP) is 4.15. The van der Waals surface area contributed by atoms with E-state index >= 15 is 0 Å². The van der Waals surface area contributed by atoms with Crippen LogP contribution in [0, 0.1) is 13.8 Å². The Morgan fingerprint density at radius 1 is 0.917 bits per heavy atom. The first kappa shape index (κ1) is 14.7. The number of hydrogen-bond acceptors (Lipinski definition) is 9. The van der Waals surface area contributed by atoms with Crippen LogP contribution in [0.5, 0.6) is 0 Å². The predicted molar refractivity (Wildman–Crippen MR) is 102 cm³/mol. The van der Waals surface area contributed by atoms with Crippen molar-refractivity contribution in [3.05, 3.63) is 22.4 Å². The molecular formula is C14H10N6S3Se. The number of aryl methyl sites for hydroxylation is 2. The van der Waals surface area contributed by atoms with Crippen LogP contribution in [-0.2, 0) is 0 Å². The van der Waals surface area contributed by atoms with E-state index in [9.17, 15) is 0 Å². The Balaban J connectivity index is 1.91. The first-order valence-electron chi connectivity index (χ1n) is 7.07. The zero-order valence-electron chi connectivity index (χ0n) is 12.6. The van der Waals surface area contributed by atoms with Crippen LogP contribution < -0.4 is 4.33 Å². The van der Waals surface area contributed by atoms with E-state index in [0.29, 0.717) is 0 Å². The van der Waals surface area contributed by atoms with Crippen LogP contribution >= 0.6 is 34.4 Å². The van der Waals surface area contributed by atoms with Crippen molar-refractivity contribution in [3.8, 4) is 20.9 Å².